The smallest absolute Gasteiger partial charge is 0.273 e. The Kier molecular flexibility index (Phi) is 3.96. The van der Waals surface area contributed by atoms with Gasteiger partial charge in [-0.05, 0) is 42.7 Å². The molecule has 2 amide bonds. The summed E-state index contributed by atoms with van der Waals surface area (Å²) < 4.78 is 0. The van der Waals surface area contributed by atoms with Gasteiger partial charge in [-0.3, -0.25) is 20.4 Å². The highest BCUT2D eigenvalue weighted by Crippen LogP contribution is 2.48. The highest BCUT2D eigenvalue weighted by Gasteiger charge is 2.51. The van der Waals surface area contributed by atoms with Crippen molar-refractivity contribution in [2.75, 3.05) is 0 Å². The van der Waals surface area contributed by atoms with E-state index in [4.69, 9.17) is 11.6 Å². The zero-order valence-corrected chi connectivity index (χ0v) is 12.9. The predicted octanol–water partition coefficient (Wildman–Crippen LogP) is 2.54. The summed E-state index contributed by atoms with van der Waals surface area (Å²) in [5.74, 6) is -0.981. The van der Waals surface area contributed by atoms with Gasteiger partial charge in [-0.2, -0.15) is 0 Å². The summed E-state index contributed by atoms with van der Waals surface area (Å²) in [5, 5.41) is 10.2. The molecular weight excluding hydrogens is 316 g/mol. The molecule has 0 aliphatic heterocycles. The van der Waals surface area contributed by atoms with Crippen molar-refractivity contribution in [3.8, 4) is 5.75 Å². The number of hydrazine groups is 1. The van der Waals surface area contributed by atoms with Crippen LogP contribution in [0.2, 0.25) is 5.02 Å². The number of carbonyl (C=O) groups is 2. The molecule has 1 aliphatic carbocycles. The fraction of sp³-hybridized carbons (Fsp3) is 0.176. The Morgan fingerprint density at radius 2 is 1.65 bits per heavy atom. The van der Waals surface area contributed by atoms with E-state index in [0.29, 0.717) is 17.9 Å². The summed E-state index contributed by atoms with van der Waals surface area (Å²) in [6.07, 6.45) is 1.43. The number of para-hydroxylation sites is 1. The first-order valence-corrected chi connectivity index (χ1v) is 7.55. The van der Waals surface area contributed by atoms with Crippen molar-refractivity contribution in [3.05, 3.63) is 64.7 Å². The number of nitrogens with one attached hydrogen (secondary N) is 2. The van der Waals surface area contributed by atoms with Crippen LogP contribution in [0.15, 0.2) is 48.5 Å². The van der Waals surface area contributed by atoms with Gasteiger partial charge in [-0.15, -0.1) is 0 Å². The number of hydrogen-bond donors (Lipinski definition) is 3. The SMILES string of the molecule is O=C(NNC(=O)C1(c2ccc(Cl)cc2)CC1)c1ccccc1O. The summed E-state index contributed by atoms with van der Waals surface area (Å²) in [6.45, 7) is 0. The van der Waals surface area contributed by atoms with Crippen LogP contribution in [-0.2, 0) is 10.2 Å². The minimum absolute atomic E-state index is 0.101. The van der Waals surface area contributed by atoms with E-state index < -0.39 is 11.3 Å². The van der Waals surface area contributed by atoms with Gasteiger partial charge >= 0.3 is 0 Å². The van der Waals surface area contributed by atoms with Gasteiger partial charge in [0.15, 0.2) is 0 Å². The topological polar surface area (TPSA) is 78.4 Å². The van der Waals surface area contributed by atoms with Gasteiger partial charge in [0, 0.05) is 5.02 Å². The van der Waals surface area contributed by atoms with Gasteiger partial charge < -0.3 is 5.11 Å². The maximum atomic E-state index is 12.4. The molecule has 0 unspecified atom stereocenters. The molecule has 0 bridgehead atoms. The number of phenols is 1. The van der Waals surface area contributed by atoms with Gasteiger partial charge in [0.2, 0.25) is 5.91 Å². The standard InChI is InChI=1S/C17H15ClN2O3/c18-12-7-5-11(6-8-12)17(9-10-17)16(23)20-19-15(22)13-3-1-2-4-14(13)21/h1-8,21H,9-10H2,(H,19,22)(H,20,23). The van der Waals surface area contributed by atoms with Crippen molar-refractivity contribution in [2.24, 2.45) is 0 Å². The molecule has 0 radical (unpaired) electrons. The van der Waals surface area contributed by atoms with Crippen molar-refractivity contribution < 1.29 is 14.7 Å². The molecule has 0 spiro atoms. The molecule has 1 aliphatic rings. The molecule has 6 heteroatoms. The van der Waals surface area contributed by atoms with Crippen LogP contribution in [-0.4, -0.2) is 16.9 Å². The second kappa shape index (κ2) is 5.93. The third-order valence-electron chi connectivity index (χ3n) is 4.02. The monoisotopic (exact) mass is 330 g/mol. The van der Waals surface area contributed by atoms with Crippen LogP contribution < -0.4 is 10.9 Å². The Labute approximate surface area is 138 Å². The first-order valence-electron chi connectivity index (χ1n) is 7.18. The molecule has 0 saturated heterocycles. The Balaban J connectivity index is 1.67. The van der Waals surface area contributed by atoms with E-state index in [9.17, 15) is 14.7 Å². The lowest BCUT2D eigenvalue weighted by atomic mass is 9.95. The highest BCUT2D eigenvalue weighted by molar-refractivity contribution is 6.30. The maximum Gasteiger partial charge on any atom is 0.273 e. The van der Waals surface area contributed by atoms with Crippen LogP contribution in [0.25, 0.3) is 0 Å². The largest absolute Gasteiger partial charge is 0.507 e. The summed E-state index contributed by atoms with van der Waals surface area (Å²) in [4.78, 5) is 24.4. The van der Waals surface area contributed by atoms with E-state index in [1.165, 1.54) is 12.1 Å². The van der Waals surface area contributed by atoms with Gasteiger partial charge in [0.1, 0.15) is 5.75 Å². The third-order valence-corrected chi connectivity index (χ3v) is 4.27. The van der Waals surface area contributed by atoms with E-state index in [2.05, 4.69) is 10.9 Å². The highest BCUT2D eigenvalue weighted by atomic mass is 35.5. The molecule has 1 fully saturated rings. The number of hydrogen-bond acceptors (Lipinski definition) is 3. The third kappa shape index (κ3) is 3.00. The van der Waals surface area contributed by atoms with E-state index in [0.717, 1.165) is 5.56 Å². The molecule has 1 saturated carbocycles. The molecule has 2 aromatic rings. The van der Waals surface area contributed by atoms with Gasteiger partial charge in [-0.25, -0.2) is 0 Å². The quantitative estimate of drug-likeness (QED) is 0.757. The Morgan fingerprint density at radius 1 is 1.00 bits per heavy atom. The van der Waals surface area contributed by atoms with E-state index in [1.807, 2.05) is 12.1 Å². The van der Waals surface area contributed by atoms with Crippen LogP contribution in [0.1, 0.15) is 28.8 Å². The Morgan fingerprint density at radius 3 is 2.26 bits per heavy atom. The molecule has 23 heavy (non-hydrogen) atoms. The summed E-state index contributed by atoms with van der Waals surface area (Å²) in [6, 6.07) is 13.3. The first-order chi connectivity index (χ1) is 11.0. The van der Waals surface area contributed by atoms with Crippen molar-refractivity contribution in [2.45, 2.75) is 18.3 Å². The number of aromatic hydroxyl groups is 1. The number of halogens is 1. The van der Waals surface area contributed by atoms with E-state index in [-0.39, 0.29) is 17.2 Å². The fourth-order valence-corrected chi connectivity index (χ4v) is 2.63. The zero-order chi connectivity index (χ0) is 16.4. The van der Waals surface area contributed by atoms with Crippen molar-refractivity contribution in [1.29, 1.82) is 0 Å². The lowest BCUT2D eigenvalue weighted by Gasteiger charge is -2.16. The number of amides is 2. The van der Waals surface area contributed by atoms with Gasteiger partial charge in [0.05, 0.1) is 11.0 Å². The average Bonchev–Trinajstić information content (AvgIpc) is 3.35. The normalized spacial score (nSPS) is 14.8. The molecule has 3 rings (SSSR count). The molecule has 3 N–H and O–H groups in total. The zero-order valence-electron chi connectivity index (χ0n) is 12.2. The summed E-state index contributed by atoms with van der Waals surface area (Å²) >= 11 is 5.87. The van der Waals surface area contributed by atoms with Crippen LogP contribution in [0, 0.1) is 0 Å². The fourth-order valence-electron chi connectivity index (χ4n) is 2.51. The average molecular weight is 331 g/mol. The van der Waals surface area contributed by atoms with Crippen LogP contribution in [0.5, 0.6) is 5.75 Å². The minimum atomic E-state index is -0.614. The molecule has 0 atom stereocenters. The van der Waals surface area contributed by atoms with Crippen LogP contribution >= 0.6 is 11.6 Å². The van der Waals surface area contributed by atoms with E-state index >= 15 is 0 Å². The lowest BCUT2D eigenvalue weighted by molar-refractivity contribution is -0.124. The first kappa shape index (κ1) is 15.4. The molecule has 118 valence electrons. The van der Waals surface area contributed by atoms with Crippen molar-refractivity contribution >= 4 is 23.4 Å². The number of phenolic OH excluding ortho intramolecular Hbond substituents is 1. The van der Waals surface area contributed by atoms with Crippen LogP contribution in [0.3, 0.4) is 0 Å². The van der Waals surface area contributed by atoms with Gasteiger partial charge in [0.25, 0.3) is 5.91 Å². The number of rotatable bonds is 3. The summed E-state index contributed by atoms with van der Waals surface area (Å²) in [7, 11) is 0. The Hall–Kier alpha value is -2.53. The van der Waals surface area contributed by atoms with Crippen molar-refractivity contribution in [3.63, 3.8) is 0 Å². The second-order valence-corrected chi connectivity index (χ2v) is 5.95. The van der Waals surface area contributed by atoms with Crippen LogP contribution in [0.4, 0.5) is 0 Å². The molecule has 0 heterocycles. The molecule has 0 aromatic heterocycles. The molecule has 2 aromatic carbocycles. The Bertz CT molecular complexity index is 755. The van der Waals surface area contributed by atoms with Gasteiger partial charge in [-0.1, -0.05) is 35.9 Å². The minimum Gasteiger partial charge on any atom is -0.507 e. The maximum absolute atomic E-state index is 12.4. The van der Waals surface area contributed by atoms with Crippen molar-refractivity contribution in [1.82, 2.24) is 10.9 Å². The molecule has 5 nitrogen and oxygen atoms in total. The molecular formula is C17H15ClN2O3. The number of carbonyl (C=O) groups excluding carboxylic acids is 2. The number of benzene rings is 2. The summed E-state index contributed by atoms with van der Waals surface area (Å²) in [5.41, 5.74) is 5.14. The van der Waals surface area contributed by atoms with E-state index in [1.54, 1.807) is 24.3 Å². The second-order valence-electron chi connectivity index (χ2n) is 5.51. The lowest BCUT2D eigenvalue weighted by Crippen LogP contribution is -2.46. The predicted molar refractivity (Wildman–Crippen MR) is 86.1 cm³/mol.